The molecule has 1 saturated carbocycles. The molecule has 1 fully saturated rings. The van der Waals surface area contributed by atoms with Gasteiger partial charge in [0.15, 0.2) is 0 Å². The van der Waals surface area contributed by atoms with E-state index in [9.17, 15) is 22.4 Å². The summed E-state index contributed by atoms with van der Waals surface area (Å²) in [5.41, 5.74) is 2.38. The number of anilines is 1. The monoisotopic (exact) mass is 627 g/mol. The van der Waals surface area contributed by atoms with E-state index in [0.29, 0.717) is 22.6 Å². The molecule has 1 aliphatic rings. The van der Waals surface area contributed by atoms with Crippen molar-refractivity contribution < 1.29 is 22.4 Å². The molecule has 3 aromatic carbocycles. The Morgan fingerprint density at radius 2 is 1.63 bits per heavy atom. The molecule has 1 aliphatic carbocycles. The Labute approximate surface area is 259 Å². The summed E-state index contributed by atoms with van der Waals surface area (Å²) in [5.74, 6) is -1.27. The minimum atomic E-state index is -4.22. The minimum absolute atomic E-state index is 0.00263. The number of nitrogens with one attached hydrogen (secondary N) is 1. The van der Waals surface area contributed by atoms with E-state index in [1.165, 1.54) is 35.2 Å². The summed E-state index contributed by atoms with van der Waals surface area (Å²) in [6.45, 7) is 4.86. The van der Waals surface area contributed by atoms with Crippen LogP contribution < -0.4 is 9.62 Å². The summed E-state index contributed by atoms with van der Waals surface area (Å²) < 4.78 is 43.0. The maximum atomic E-state index is 14.3. The molecule has 10 heteroatoms. The van der Waals surface area contributed by atoms with Gasteiger partial charge in [-0.05, 0) is 80.6 Å². The van der Waals surface area contributed by atoms with Crippen molar-refractivity contribution in [2.45, 2.75) is 82.8 Å². The molecule has 4 rings (SSSR count). The van der Waals surface area contributed by atoms with Crippen LogP contribution in [0.4, 0.5) is 10.1 Å². The van der Waals surface area contributed by atoms with Gasteiger partial charge in [-0.25, -0.2) is 12.8 Å². The van der Waals surface area contributed by atoms with Gasteiger partial charge in [-0.2, -0.15) is 0 Å². The molecular weight excluding hydrogens is 589 g/mol. The number of rotatable bonds is 11. The third-order valence-electron chi connectivity index (χ3n) is 7.93. The highest BCUT2D eigenvalue weighted by molar-refractivity contribution is 7.92. The van der Waals surface area contributed by atoms with Crippen LogP contribution in [0.3, 0.4) is 0 Å². The van der Waals surface area contributed by atoms with E-state index >= 15 is 0 Å². The molecule has 0 bridgehead atoms. The molecule has 43 heavy (non-hydrogen) atoms. The van der Waals surface area contributed by atoms with Crippen LogP contribution in [-0.2, 0) is 26.2 Å². The molecule has 0 heterocycles. The topological polar surface area (TPSA) is 86.8 Å². The Kier molecular flexibility index (Phi) is 10.8. The molecule has 0 aliphatic heterocycles. The van der Waals surface area contributed by atoms with Crippen LogP contribution in [0.2, 0.25) is 5.02 Å². The molecular formula is C33H39ClFN3O4S. The minimum Gasteiger partial charge on any atom is -0.352 e. The first-order chi connectivity index (χ1) is 20.5. The number of hydrogen-bond donors (Lipinski definition) is 1. The van der Waals surface area contributed by atoms with Crippen molar-refractivity contribution in [3.8, 4) is 0 Å². The lowest BCUT2D eigenvalue weighted by Gasteiger charge is -2.34. The van der Waals surface area contributed by atoms with E-state index in [4.69, 9.17) is 11.6 Å². The molecule has 0 aromatic heterocycles. The first-order valence-electron chi connectivity index (χ1n) is 14.7. The van der Waals surface area contributed by atoms with Crippen LogP contribution in [0.5, 0.6) is 0 Å². The van der Waals surface area contributed by atoms with Crippen LogP contribution in [0, 0.1) is 19.7 Å². The number of carbonyl (C=O) groups is 2. The number of sulfonamides is 1. The molecule has 7 nitrogen and oxygen atoms in total. The zero-order valence-electron chi connectivity index (χ0n) is 24.9. The Hall–Kier alpha value is -3.43. The van der Waals surface area contributed by atoms with E-state index in [0.717, 1.165) is 42.0 Å². The number of carbonyl (C=O) groups excluding carboxylic acids is 2. The first-order valence-corrected chi connectivity index (χ1v) is 16.5. The summed E-state index contributed by atoms with van der Waals surface area (Å²) in [4.78, 5) is 29.3. The van der Waals surface area contributed by atoms with E-state index in [1.807, 2.05) is 13.8 Å². The van der Waals surface area contributed by atoms with Crippen LogP contribution in [0.15, 0.2) is 71.6 Å². The van der Waals surface area contributed by atoms with Gasteiger partial charge in [0.05, 0.1) is 10.6 Å². The number of benzene rings is 3. The van der Waals surface area contributed by atoms with Crippen molar-refractivity contribution in [2.24, 2.45) is 0 Å². The van der Waals surface area contributed by atoms with Crippen molar-refractivity contribution >= 4 is 39.1 Å². The Morgan fingerprint density at radius 3 is 2.26 bits per heavy atom. The SMILES string of the molecule is CC[C@@H](C(=O)NC1CCCCC1)N(Cc1ccc(F)cc1)C(=O)CN(c1cc(Cl)ccc1C)S(=O)(=O)c1ccc(C)cc1. The van der Waals surface area contributed by atoms with Crippen molar-refractivity contribution in [3.63, 3.8) is 0 Å². The Morgan fingerprint density at radius 1 is 0.977 bits per heavy atom. The second-order valence-electron chi connectivity index (χ2n) is 11.2. The van der Waals surface area contributed by atoms with Crippen LogP contribution in [-0.4, -0.2) is 43.8 Å². The molecule has 3 aromatic rings. The smallest absolute Gasteiger partial charge is 0.264 e. The molecule has 0 unspecified atom stereocenters. The van der Waals surface area contributed by atoms with Crippen LogP contribution in [0.1, 0.15) is 62.1 Å². The van der Waals surface area contributed by atoms with E-state index in [1.54, 1.807) is 43.3 Å². The average Bonchev–Trinajstić information content (AvgIpc) is 2.98. The van der Waals surface area contributed by atoms with Gasteiger partial charge in [-0.1, -0.05) is 73.7 Å². The molecule has 2 amide bonds. The highest BCUT2D eigenvalue weighted by atomic mass is 35.5. The van der Waals surface area contributed by atoms with E-state index in [2.05, 4.69) is 5.32 Å². The highest BCUT2D eigenvalue weighted by Gasteiger charge is 2.35. The van der Waals surface area contributed by atoms with Gasteiger partial charge in [0.2, 0.25) is 11.8 Å². The molecule has 1 N–H and O–H groups in total. The predicted molar refractivity (Wildman–Crippen MR) is 168 cm³/mol. The normalized spacial score (nSPS) is 14.6. The third kappa shape index (κ3) is 8.15. The van der Waals surface area contributed by atoms with Gasteiger partial charge < -0.3 is 10.2 Å². The van der Waals surface area contributed by atoms with Gasteiger partial charge in [-0.3, -0.25) is 13.9 Å². The Bertz CT molecular complexity index is 1520. The summed E-state index contributed by atoms with van der Waals surface area (Å²) in [5, 5.41) is 3.44. The van der Waals surface area contributed by atoms with Crippen LogP contribution >= 0.6 is 11.6 Å². The van der Waals surface area contributed by atoms with Gasteiger partial charge >= 0.3 is 0 Å². The summed E-state index contributed by atoms with van der Waals surface area (Å²) in [6, 6.07) is 16.2. The zero-order valence-corrected chi connectivity index (χ0v) is 26.4. The average molecular weight is 628 g/mol. The van der Waals surface area contributed by atoms with Crippen molar-refractivity contribution in [1.29, 1.82) is 0 Å². The fourth-order valence-corrected chi connectivity index (χ4v) is 7.09. The summed E-state index contributed by atoms with van der Waals surface area (Å²) in [7, 11) is -4.22. The standard InChI is InChI=1S/C33H39ClFN3O4S/c1-4-30(33(40)36-28-8-6-5-7-9-28)37(21-25-13-16-27(35)17-14-25)32(39)22-38(31-20-26(34)15-12-24(31)3)43(41,42)29-18-10-23(2)11-19-29/h10-20,28,30H,4-9,21-22H2,1-3H3,(H,36,40)/t30-/m0/s1. The second-order valence-corrected chi connectivity index (χ2v) is 13.5. The largest absolute Gasteiger partial charge is 0.352 e. The van der Waals surface area contributed by atoms with Gasteiger partial charge in [0, 0.05) is 17.6 Å². The van der Waals surface area contributed by atoms with Gasteiger partial charge in [0.25, 0.3) is 10.0 Å². The van der Waals surface area contributed by atoms with Gasteiger partial charge in [-0.15, -0.1) is 0 Å². The lowest BCUT2D eigenvalue weighted by atomic mass is 9.95. The molecule has 0 saturated heterocycles. The zero-order chi connectivity index (χ0) is 31.1. The number of hydrogen-bond acceptors (Lipinski definition) is 4. The molecule has 0 spiro atoms. The lowest BCUT2D eigenvalue weighted by Crippen LogP contribution is -2.54. The number of amides is 2. The maximum absolute atomic E-state index is 14.3. The summed E-state index contributed by atoms with van der Waals surface area (Å²) >= 11 is 6.30. The van der Waals surface area contributed by atoms with Gasteiger partial charge in [0.1, 0.15) is 18.4 Å². The lowest BCUT2D eigenvalue weighted by molar-refractivity contribution is -0.140. The van der Waals surface area contributed by atoms with E-state index in [-0.39, 0.29) is 29.1 Å². The molecule has 1 atom stereocenters. The third-order valence-corrected chi connectivity index (χ3v) is 9.94. The van der Waals surface area contributed by atoms with Crippen molar-refractivity contribution in [3.05, 3.63) is 94.3 Å². The Balaban J connectivity index is 1.73. The number of nitrogens with zero attached hydrogens (tertiary/aromatic N) is 2. The predicted octanol–water partition coefficient (Wildman–Crippen LogP) is 6.55. The molecule has 0 radical (unpaired) electrons. The fraction of sp³-hybridized carbons (Fsp3) is 0.394. The van der Waals surface area contributed by atoms with Crippen molar-refractivity contribution in [1.82, 2.24) is 10.2 Å². The van der Waals surface area contributed by atoms with E-state index < -0.39 is 34.3 Å². The van der Waals surface area contributed by atoms with Crippen LogP contribution in [0.25, 0.3) is 0 Å². The second kappa shape index (κ2) is 14.4. The fourth-order valence-electron chi connectivity index (χ4n) is 5.45. The number of halogens is 2. The molecule has 230 valence electrons. The maximum Gasteiger partial charge on any atom is 0.264 e. The van der Waals surface area contributed by atoms with Crippen molar-refractivity contribution in [2.75, 3.05) is 10.8 Å². The first kappa shape index (κ1) is 32.5. The summed E-state index contributed by atoms with van der Waals surface area (Å²) in [6.07, 6.45) is 5.27. The quantitative estimate of drug-likeness (QED) is 0.261. The number of aryl methyl sites for hydroxylation is 2. The highest BCUT2D eigenvalue weighted by Crippen LogP contribution is 2.30.